The molecule has 0 aliphatic heterocycles. The van der Waals surface area contributed by atoms with E-state index in [1.54, 1.807) is 13.3 Å². The number of nitrogens with zero attached hydrogens (tertiary/aromatic N) is 1. The lowest BCUT2D eigenvalue weighted by atomic mass is 10.1. The van der Waals surface area contributed by atoms with Gasteiger partial charge in [-0.1, -0.05) is 6.07 Å². The Morgan fingerprint density at radius 1 is 1.28 bits per heavy atom. The minimum atomic E-state index is 0.211. The maximum absolute atomic E-state index is 5.62. The third-order valence-electron chi connectivity index (χ3n) is 2.60. The molecule has 0 amide bonds. The zero-order chi connectivity index (χ0) is 13.2. The molecule has 0 fully saturated rings. The highest BCUT2D eigenvalue weighted by molar-refractivity contribution is 5.28. The smallest absolute Gasteiger partial charge is 0.218 e. The molecule has 5 nitrogen and oxygen atoms in total. The molecule has 0 spiro atoms. The van der Waals surface area contributed by atoms with Crippen molar-refractivity contribution in [2.45, 2.75) is 13.0 Å². The van der Waals surface area contributed by atoms with Crippen LogP contribution in [0.15, 0.2) is 18.3 Å². The summed E-state index contributed by atoms with van der Waals surface area (Å²) in [5, 5.41) is 3.17. The van der Waals surface area contributed by atoms with Gasteiger partial charge in [-0.05, 0) is 20.0 Å². The minimum Gasteiger partial charge on any atom is -0.475 e. The van der Waals surface area contributed by atoms with Gasteiger partial charge in [-0.25, -0.2) is 4.98 Å². The number of nitrogens with one attached hydrogen (secondary N) is 1. The summed E-state index contributed by atoms with van der Waals surface area (Å²) in [7, 11) is 3.56. The van der Waals surface area contributed by atoms with Crippen LogP contribution in [0.1, 0.15) is 18.5 Å². The molecule has 1 rings (SSSR count). The van der Waals surface area contributed by atoms with Crippen LogP contribution in [0.2, 0.25) is 0 Å². The van der Waals surface area contributed by atoms with E-state index >= 15 is 0 Å². The Bertz CT molecular complexity index is 334. The molecule has 102 valence electrons. The van der Waals surface area contributed by atoms with E-state index in [1.807, 2.05) is 19.2 Å². The van der Waals surface area contributed by atoms with Crippen molar-refractivity contribution in [1.29, 1.82) is 0 Å². The van der Waals surface area contributed by atoms with Crippen LogP contribution in [0.25, 0.3) is 0 Å². The molecule has 0 radical (unpaired) electrons. The summed E-state index contributed by atoms with van der Waals surface area (Å²) in [6.45, 7) is 4.28. The van der Waals surface area contributed by atoms with E-state index in [0.717, 1.165) is 5.56 Å². The Labute approximate surface area is 108 Å². The first-order valence-electron chi connectivity index (χ1n) is 6.11. The Hall–Kier alpha value is -1.17. The van der Waals surface area contributed by atoms with Crippen molar-refractivity contribution in [3.05, 3.63) is 23.9 Å². The lowest BCUT2D eigenvalue weighted by Crippen LogP contribution is -2.16. The number of aromatic nitrogens is 1. The molecule has 18 heavy (non-hydrogen) atoms. The summed E-state index contributed by atoms with van der Waals surface area (Å²) in [4.78, 5) is 4.24. The maximum atomic E-state index is 5.62. The highest BCUT2D eigenvalue weighted by atomic mass is 16.5. The fraction of sp³-hybridized carbons (Fsp3) is 0.615. The Balaban J connectivity index is 2.37. The quantitative estimate of drug-likeness (QED) is 0.675. The van der Waals surface area contributed by atoms with Crippen LogP contribution in [0, 0.1) is 0 Å². The lowest BCUT2D eigenvalue weighted by molar-refractivity contribution is 0.0534. The highest BCUT2D eigenvalue weighted by Gasteiger charge is 2.10. The van der Waals surface area contributed by atoms with E-state index in [-0.39, 0.29) is 6.04 Å². The van der Waals surface area contributed by atoms with E-state index < -0.39 is 0 Å². The molecule has 1 unspecified atom stereocenters. The second-order valence-corrected chi connectivity index (χ2v) is 3.86. The van der Waals surface area contributed by atoms with Crippen LogP contribution in [-0.4, -0.2) is 45.6 Å². The van der Waals surface area contributed by atoms with Gasteiger partial charge in [0.25, 0.3) is 0 Å². The molecular formula is C13H22N2O3. The van der Waals surface area contributed by atoms with Gasteiger partial charge in [0.2, 0.25) is 5.88 Å². The summed E-state index contributed by atoms with van der Waals surface area (Å²) in [5.74, 6) is 0.662. The van der Waals surface area contributed by atoms with E-state index in [0.29, 0.717) is 32.3 Å². The molecule has 0 saturated heterocycles. The third kappa shape index (κ3) is 5.00. The number of hydrogen-bond donors (Lipinski definition) is 1. The number of pyridine rings is 1. The van der Waals surface area contributed by atoms with Gasteiger partial charge in [-0.3, -0.25) is 0 Å². The van der Waals surface area contributed by atoms with Gasteiger partial charge in [0.1, 0.15) is 6.61 Å². The maximum Gasteiger partial charge on any atom is 0.218 e. The van der Waals surface area contributed by atoms with Crippen LogP contribution in [-0.2, 0) is 9.47 Å². The summed E-state index contributed by atoms with van der Waals surface area (Å²) in [6.07, 6.45) is 1.73. The van der Waals surface area contributed by atoms with Crippen molar-refractivity contribution in [3.8, 4) is 5.88 Å². The monoisotopic (exact) mass is 254 g/mol. The molecule has 0 bridgehead atoms. The molecule has 0 aromatic carbocycles. The van der Waals surface area contributed by atoms with Crippen LogP contribution < -0.4 is 10.1 Å². The predicted molar refractivity (Wildman–Crippen MR) is 69.9 cm³/mol. The topological polar surface area (TPSA) is 52.6 Å². The Morgan fingerprint density at radius 3 is 2.78 bits per heavy atom. The Kier molecular flexibility index (Phi) is 7.32. The van der Waals surface area contributed by atoms with Crippen molar-refractivity contribution in [1.82, 2.24) is 10.3 Å². The molecule has 0 aliphatic rings. The number of methoxy groups -OCH3 is 1. The normalized spacial score (nSPS) is 12.4. The Morgan fingerprint density at radius 2 is 2.06 bits per heavy atom. The molecular weight excluding hydrogens is 232 g/mol. The van der Waals surface area contributed by atoms with Crippen LogP contribution in [0.3, 0.4) is 0 Å². The summed E-state index contributed by atoms with van der Waals surface area (Å²) >= 11 is 0. The fourth-order valence-electron chi connectivity index (χ4n) is 1.45. The van der Waals surface area contributed by atoms with Gasteiger partial charge in [0.15, 0.2) is 0 Å². The van der Waals surface area contributed by atoms with Gasteiger partial charge in [0.05, 0.1) is 19.8 Å². The summed E-state index contributed by atoms with van der Waals surface area (Å²) in [6, 6.07) is 4.13. The predicted octanol–water partition coefficient (Wildman–Crippen LogP) is 1.40. The molecule has 1 N–H and O–H groups in total. The van der Waals surface area contributed by atoms with Crippen LogP contribution in [0.4, 0.5) is 0 Å². The van der Waals surface area contributed by atoms with Crippen LogP contribution >= 0.6 is 0 Å². The molecule has 0 aliphatic carbocycles. The second-order valence-electron chi connectivity index (χ2n) is 3.86. The van der Waals surface area contributed by atoms with Crippen molar-refractivity contribution in [2.75, 3.05) is 40.6 Å². The van der Waals surface area contributed by atoms with Gasteiger partial charge in [-0.2, -0.15) is 0 Å². The SMILES string of the molecule is CNC(C)c1cccnc1OCCOCCOC. The average molecular weight is 254 g/mol. The van der Waals surface area contributed by atoms with Crippen molar-refractivity contribution in [2.24, 2.45) is 0 Å². The zero-order valence-electron chi connectivity index (χ0n) is 11.3. The molecule has 1 aromatic rings. The van der Waals surface area contributed by atoms with E-state index in [9.17, 15) is 0 Å². The van der Waals surface area contributed by atoms with Crippen molar-refractivity contribution >= 4 is 0 Å². The van der Waals surface area contributed by atoms with E-state index in [4.69, 9.17) is 14.2 Å². The first kappa shape index (κ1) is 14.9. The van der Waals surface area contributed by atoms with E-state index in [1.165, 1.54) is 0 Å². The van der Waals surface area contributed by atoms with Gasteiger partial charge in [-0.15, -0.1) is 0 Å². The first-order valence-corrected chi connectivity index (χ1v) is 6.11. The molecule has 0 saturated carbocycles. The molecule has 1 heterocycles. The van der Waals surface area contributed by atoms with Gasteiger partial charge < -0.3 is 19.5 Å². The van der Waals surface area contributed by atoms with Gasteiger partial charge >= 0.3 is 0 Å². The van der Waals surface area contributed by atoms with Gasteiger partial charge in [0, 0.05) is 24.9 Å². The summed E-state index contributed by atoms with van der Waals surface area (Å²) in [5.41, 5.74) is 1.05. The number of ether oxygens (including phenoxy) is 3. The molecule has 1 aromatic heterocycles. The zero-order valence-corrected chi connectivity index (χ0v) is 11.3. The lowest BCUT2D eigenvalue weighted by Gasteiger charge is -2.15. The molecule has 5 heteroatoms. The number of hydrogen-bond acceptors (Lipinski definition) is 5. The largest absolute Gasteiger partial charge is 0.475 e. The summed E-state index contributed by atoms with van der Waals surface area (Å²) < 4.78 is 15.8. The minimum absolute atomic E-state index is 0.211. The average Bonchev–Trinajstić information content (AvgIpc) is 2.42. The second kappa shape index (κ2) is 8.85. The highest BCUT2D eigenvalue weighted by Crippen LogP contribution is 2.21. The standard InChI is InChI=1S/C13H22N2O3/c1-11(14-2)12-5-4-6-15-13(12)18-10-9-17-8-7-16-3/h4-6,11,14H,7-10H2,1-3H3. The third-order valence-corrected chi connectivity index (χ3v) is 2.60. The van der Waals surface area contributed by atoms with Crippen molar-refractivity contribution in [3.63, 3.8) is 0 Å². The fourth-order valence-corrected chi connectivity index (χ4v) is 1.45. The van der Waals surface area contributed by atoms with Crippen molar-refractivity contribution < 1.29 is 14.2 Å². The van der Waals surface area contributed by atoms with E-state index in [2.05, 4.69) is 17.2 Å². The number of rotatable bonds is 9. The van der Waals surface area contributed by atoms with Crippen LogP contribution in [0.5, 0.6) is 5.88 Å². The first-order chi connectivity index (χ1) is 8.79. The molecule has 1 atom stereocenters.